The van der Waals surface area contributed by atoms with E-state index in [9.17, 15) is 27.6 Å². The SMILES string of the molecule is C=CCN(CC(F)(F)F)C(=O)c1ccc(N2C(=O)CCC2=O)cc1. The summed E-state index contributed by atoms with van der Waals surface area (Å²) in [5, 5.41) is 0. The molecule has 3 amide bonds. The molecule has 1 aliphatic heterocycles. The molecule has 128 valence electrons. The maximum absolute atomic E-state index is 12.5. The summed E-state index contributed by atoms with van der Waals surface area (Å²) in [6.45, 7) is 1.71. The van der Waals surface area contributed by atoms with Gasteiger partial charge in [-0.05, 0) is 24.3 Å². The lowest BCUT2D eigenvalue weighted by atomic mass is 10.1. The van der Waals surface area contributed by atoms with Crippen molar-refractivity contribution in [1.29, 1.82) is 0 Å². The van der Waals surface area contributed by atoms with E-state index in [-0.39, 0.29) is 36.8 Å². The first-order valence-electron chi connectivity index (χ1n) is 7.15. The third-order valence-corrected chi connectivity index (χ3v) is 3.43. The van der Waals surface area contributed by atoms with Crippen LogP contribution in [0.3, 0.4) is 0 Å². The highest BCUT2D eigenvalue weighted by Gasteiger charge is 2.33. The predicted octanol–water partition coefficient (Wildman–Crippen LogP) is 2.53. The number of hydrogen-bond donors (Lipinski definition) is 0. The first-order chi connectivity index (χ1) is 11.2. The lowest BCUT2D eigenvalue weighted by Gasteiger charge is -2.23. The minimum absolute atomic E-state index is 0.0314. The molecule has 0 saturated carbocycles. The van der Waals surface area contributed by atoms with Crippen molar-refractivity contribution in [2.24, 2.45) is 0 Å². The molecule has 0 aromatic heterocycles. The Bertz CT molecular complexity index is 652. The summed E-state index contributed by atoms with van der Waals surface area (Å²) < 4.78 is 37.6. The molecule has 1 heterocycles. The zero-order valence-corrected chi connectivity index (χ0v) is 12.7. The van der Waals surface area contributed by atoms with Crippen molar-refractivity contribution in [2.45, 2.75) is 19.0 Å². The molecule has 0 aliphatic carbocycles. The van der Waals surface area contributed by atoms with Crippen molar-refractivity contribution in [3.8, 4) is 0 Å². The number of anilines is 1. The molecule has 2 rings (SSSR count). The number of hydrogen-bond acceptors (Lipinski definition) is 3. The highest BCUT2D eigenvalue weighted by molar-refractivity contribution is 6.19. The Morgan fingerprint density at radius 1 is 1.17 bits per heavy atom. The maximum Gasteiger partial charge on any atom is 0.406 e. The van der Waals surface area contributed by atoms with E-state index in [1.54, 1.807) is 0 Å². The molecule has 8 heteroatoms. The van der Waals surface area contributed by atoms with Crippen LogP contribution < -0.4 is 4.90 Å². The summed E-state index contributed by atoms with van der Waals surface area (Å²) >= 11 is 0. The number of nitrogens with zero attached hydrogens (tertiary/aromatic N) is 2. The van der Waals surface area contributed by atoms with E-state index in [2.05, 4.69) is 6.58 Å². The van der Waals surface area contributed by atoms with Gasteiger partial charge in [-0.15, -0.1) is 6.58 Å². The number of rotatable bonds is 5. The lowest BCUT2D eigenvalue weighted by Crippen LogP contribution is -2.39. The Morgan fingerprint density at radius 3 is 2.17 bits per heavy atom. The van der Waals surface area contributed by atoms with Crippen LogP contribution in [0.15, 0.2) is 36.9 Å². The normalized spacial score (nSPS) is 14.9. The number of imide groups is 1. The molecule has 1 aliphatic rings. The second kappa shape index (κ2) is 6.86. The fourth-order valence-electron chi connectivity index (χ4n) is 2.39. The third-order valence-electron chi connectivity index (χ3n) is 3.43. The highest BCUT2D eigenvalue weighted by atomic mass is 19.4. The quantitative estimate of drug-likeness (QED) is 0.611. The van der Waals surface area contributed by atoms with E-state index in [1.165, 1.54) is 30.3 Å². The minimum Gasteiger partial charge on any atom is -0.326 e. The molecule has 5 nitrogen and oxygen atoms in total. The Balaban J connectivity index is 2.19. The monoisotopic (exact) mass is 340 g/mol. The van der Waals surface area contributed by atoms with Gasteiger partial charge >= 0.3 is 6.18 Å². The largest absolute Gasteiger partial charge is 0.406 e. The van der Waals surface area contributed by atoms with E-state index in [4.69, 9.17) is 0 Å². The van der Waals surface area contributed by atoms with Gasteiger partial charge in [0, 0.05) is 24.9 Å². The van der Waals surface area contributed by atoms with Crippen molar-refractivity contribution in [3.05, 3.63) is 42.5 Å². The van der Waals surface area contributed by atoms with Gasteiger partial charge in [-0.1, -0.05) is 6.08 Å². The van der Waals surface area contributed by atoms with Gasteiger partial charge in [-0.2, -0.15) is 13.2 Å². The zero-order chi connectivity index (χ0) is 17.9. The van der Waals surface area contributed by atoms with Crippen LogP contribution in [-0.2, 0) is 9.59 Å². The Hall–Kier alpha value is -2.64. The van der Waals surface area contributed by atoms with Gasteiger partial charge in [0.2, 0.25) is 11.8 Å². The van der Waals surface area contributed by atoms with E-state index < -0.39 is 18.6 Å². The summed E-state index contributed by atoms with van der Waals surface area (Å²) in [6, 6.07) is 5.33. The van der Waals surface area contributed by atoms with Gasteiger partial charge in [0.15, 0.2) is 0 Å². The van der Waals surface area contributed by atoms with Gasteiger partial charge in [0.1, 0.15) is 6.54 Å². The first-order valence-corrected chi connectivity index (χ1v) is 7.15. The lowest BCUT2D eigenvalue weighted by molar-refractivity contribution is -0.139. The van der Waals surface area contributed by atoms with Crippen LogP contribution in [0.1, 0.15) is 23.2 Å². The second-order valence-corrected chi connectivity index (χ2v) is 5.26. The summed E-state index contributed by atoms with van der Waals surface area (Å²) in [5.41, 5.74) is 0.328. The summed E-state index contributed by atoms with van der Waals surface area (Å²) in [6.07, 6.45) is -3.07. The average Bonchev–Trinajstić information content (AvgIpc) is 2.84. The van der Waals surface area contributed by atoms with Crippen LogP contribution in [-0.4, -0.2) is 41.9 Å². The van der Waals surface area contributed by atoms with Crippen LogP contribution in [0.25, 0.3) is 0 Å². The molecule has 24 heavy (non-hydrogen) atoms. The Labute approximate surface area is 136 Å². The van der Waals surface area contributed by atoms with Gasteiger partial charge in [-0.25, -0.2) is 0 Å². The van der Waals surface area contributed by atoms with Gasteiger partial charge < -0.3 is 4.90 Å². The molecule has 0 spiro atoms. The molecule has 0 bridgehead atoms. The van der Waals surface area contributed by atoms with Crippen molar-refractivity contribution < 1.29 is 27.6 Å². The number of amides is 3. The van der Waals surface area contributed by atoms with Crippen molar-refractivity contribution in [3.63, 3.8) is 0 Å². The molecule has 0 radical (unpaired) electrons. The molecular weight excluding hydrogens is 325 g/mol. The van der Waals surface area contributed by atoms with Gasteiger partial charge in [0.05, 0.1) is 5.69 Å². The number of benzene rings is 1. The highest BCUT2D eigenvalue weighted by Crippen LogP contribution is 2.24. The number of alkyl halides is 3. The van der Waals surface area contributed by atoms with E-state index in [0.29, 0.717) is 10.6 Å². The fraction of sp³-hybridized carbons (Fsp3) is 0.312. The maximum atomic E-state index is 12.5. The number of halogens is 3. The van der Waals surface area contributed by atoms with Crippen molar-refractivity contribution in [1.82, 2.24) is 4.90 Å². The van der Waals surface area contributed by atoms with Crippen LogP contribution in [0, 0.1) is 0 Å². The molecule has 0 N–H and O–H groups in total. The minimum atomic E-state index is -4.52. The van der Waals surface area contributed by atoms with Crippen molar-refractivity contribution in [2.75, 3.05) is 18.0 Å². The van der Waals surface area contributed by atoms with E-state index >= 15 is 0 Å². The predicted molar refractivity (Wildman–Crippen MR) is 80.3 cm³/mol. The number of carbonyl (C=O) groups is 3. The topological polar surface area (TPSA) is 57.7 Å². The van der Waals surface area contributed by atoms with Crippen LogP contribution in [0.2, 0.25) is 0 Å². The van der Waals surface area contributed by atoms with E-state index in [0.717, 1.165) is 4.90 Å². The van der Waals surface area contributed by atoms with Crippen molar-refractivity contribution >= 4 is 23.4 Å². The smallest absolute Gasteiger partial charge is 0.326 e. The molecule has 0 unspecified atom stereocenters. The third kappa shape index (κ3) is 4.01. The second-order valence-electron chi connectivity index (χ2n) is 5.26. The van der Waals surface area contributed by atoms with Crippen LogP contribution in [0.5, 0.6) is 0 Å². The van der Waals surface area contributed by atoms with Gasteiger partial charge in [0.25, 0.3) is 5.91 Å². The molecular formula is C16H15F3N2O3. The van der Waals surface area contributed by atoms with E-state index in [1.807, 2.05) is 0 Å². The average molecular weight is 340 g/mol. The van der Waals surface area contributed by atoms with Gasteiger partial charge in [-0.3, -0.25) is 19.3 Å². The molecule has 1 saturated heterocycles. The fourth-order valence-corrected chi connectivity index (χ4v) is 2.39. The zero-order valence-electron chi connectivity index (χ0n) is 12.7. The summed E-state index contributed by atoms with van der Waals surface area (Å²) in [5.74, 6) is -1.49. The standard InChI is InChI=1S/C16H15F3N2O3/c1-2-9-20(10-16(17,18)19)15(24)11-3-5-12(6-4-11)21-13(22)7-8-14(21)23/h2-6H,1,7-10H2. The molecule has 1 aromatic carbocycles. The first kappa shape index (κ1) is 17.7. The molecule has 1 fully saturated rings. The Morgan fingerprint density at radius 2 is 1.71 bits per heavy atom. The van der Waals surface area contributed by atoms with Crippen LogP contribution in [0.4, 0.5) is 18.9 Å². The molecule has 0 atom stereocenters. The number of carbonyl (C=O) groups excluding carboxylic acids is 3. The summed E-state index contributed by atoms with van der Waals surface area (Å²) in [7, 11) is 0. The molecule has 1 aromatic rings. The van der Waals surface area contributed by atoms with Crippen LogP contribution >= 0.6 is 0 Å². The Kier molecular flexibility index (Phi) is 5.06. The summed E-state index contributed by atoms with van der Waals surface area (Å²) in [4.78, 5) is 37.1.